The smallest absolute Gasteiger partial charge is 0.109 e. The van der Waals surface area contributed by atoms with Gasteiger partial charge in [-0.2, -0.15) is 10.5 Å². The molecule has 1 N–H and O–H groups in total. The predicted octanol–water partition coefficient (Wildman–Crippen LogP) is 12.8. The third-order valence-electron chi connectivity index (χ3n) is 11.0. The second kappa shape index (κ2) is 12.4. The molecule has 0 radical (unpaired) electrons. The highest BCUT2D eigenvalue weighted by Crippen LogP contribution is 2.45. The first kappa shape index (κ1) is 34.0. The summed E-state index contributed by atoms with van der Waals surface area (Å²) in [4.78, 5) is 14.6. The first-order valence-corrected chi connectivity index (χ1v) is 18.7. The fraction of sp³-hybridized carbons (Fsp3) is 0.160. The van der Waals surface area contributed by atoms with E-state index in [0.29, 0.717) is 33.9 Å². The molecule has 1 aliphatic heterocycles. The Hall–Kier alpha value is -6.82. The molecule has 0 amide bonds. The monoisotopic (exact) mass is 709 g/mol. The molecule has 0 saturated heterocycles. The van der Waals surface area contributed by atoms with Gasteiger partial charge in [0.1, 0.15) is 23.5 Å². The second-order valence-corrected chi connectivity index (χ2v) is 16.6. The van der Waals surface area contributed by atoms with Crippen molar-refractivity contribution in [1.82, 2.24) is 15.0 Å². The van der Waals surface area contributed by atoms with Crippen molar-refractivity contribution >= 4 is 21.8 Å². The van der Waals surface area contributed by atoms with Crippen LogP contribution in [0.3, 0.4) is 0 Å². The van der Waals surface area contributed by atoms with E-state index < -0.39 is 0 Å². The molecule has 8 bridgehead atoms. The number of benzene rings is 5. The van der Waals surface area contributed by atoms with Gasteiger partial charge in [0, 0.05) is 38.6 Å². The van der Waals surface area contributed by atoms with Crippen molar-refractivity contribution < 1.29 is 0 Å². The first-order chi connectivity index (χ1) is 26.4. The molecule has 5 nitrogen and oxygen atoms in total. The Morgan fingerprint density at radius 2 is 0.909 bits per heavy atom. The quantitative estimate of drug-likeness (QED) is 0.193. The van der Waals surface area contributed by atoms with Gasteiger partial charge in [-0.15, -0.1) is 0 Å². The number of H-pyrrole nitrogens is 1. The molecule has 5 heteroatoms. The Labute approximate surface area is 321 Å². The Morgan fingerprint density at radius 3 is 1.44 bits per heavy atom. The van der Waals surface area contributed by atoms with Crippen LogP contribution < -0.4 is 0 Å². The number of hydrogen-bond donors (Lipinski definition) is 1. The molecule has 8 aromatic rings. The summed E-state index contributed by atoms with van der Waals surface area (Å²) in [7, 11) is 0. The highest BCUT2D eigenvalue weighted by molar-refractivity contribution is 6.16. The fourth-order valence-electron chi connectivity index (χ4n) is 7.88. The second-order valence-electron chi connectivity index (χ2n) is 16.6. The van der Waals surface area contributed by atoms with Crippen molar-refractivity contribution in [2.24, 2.45) is 0 Å². The van der Waals surface area contributed by atoms with E-state index in [1.165, 1.54) is 11.1 Å². The minimum Gasteiger partial charge on any atom is -0.353 e. The number of rotatable bonds is 2. The van der Waals surface area contributed by atoms with Crippen molar-refractivity contribution in [3.8, 4) is 79.4 Å². The minimum absolute atomic E-state index is 0.111. The lowest BCUT2D eigenvalue weighted by Crippen LogP contribution is -2.11. The third kappa shape index (κ3) is 5.60. The normalized spacial score (nSPS) is 12.1. The molecule has 264 valence electrons. The number of fused-ring (bicyclic) bond motifs is 11. The molecule has 0 fully saturated rings. The van der Waals surface area contributed by atoms with E-state index in [2.05, 4.69) is 107 Å². The fourth-order valence-corrected chi connectivity index (χ4v) is 7.88. The number of pyridine rings is 2. The molecule has 0 spiro atoms. The van der Waals surface area contributed by atoms with Gasteiger partial charge < -0.3 is 4.98 Å². The molecule has 55 heavy (non-hydrogen) atoms. The van der Waals surface area contributed by atoms with E-state index in [4.69, 9.17) is 9.97 Å². The molecular formula is C50H39N5. The van der Waals surface area contributed by atoms with E-state index in [1.807, 2.05) is 72.8 Å². The number of nitrogens with one attached hydrogen (secondary N) is 1. The van der Waals surface area contributed by atoms with Crippen LogP contribution >= 0.6 is 0 Å². The Morgan fingerprint density at radius 1 is 0.455 bits per heavy atom. The summed E-state index contributed by atoms with van der Waals surface area (Å²) in [6, 6.07) is 46.7. The van der Waals surface area contributed by atoms with Crippen LogP contribution in [0.1, 0.15) is 63.8 Å². The van der Waals surface area contributed by atoms with Gasteiger partial charge in [-0.1, -0.05) is 120 Å². The summed E-state index contributed by atoms with van der Waals surface area (Å²) < 4.78 is 0. The zero-order chi connectivity index (χ0) is 38.2. The van der Waals surface area contributed by atoms with Crippen LogP contribution in [0.4, 0.5) is 0 Å². The van der Waals surface area contributed by atoms with Gasteiger partial charge in [-0.25, -0.2) is 9.97 Å². The Bertz CT molecular complexity index is 2940. The zero-order valence-corrected chi connectivity index (χ0v) is 31.8. The van der Waals surface area contributed by atoms with E-state index in [9.17, 15) is 10.5 Å². The number of aromatic nitrogens is 3. The lowest BCUT2D eigenvalue weighted by molar-refractivity contribution is 0.590. The maximum atomic E-state index is 11.0. The van der Waals surface area contributed by atoms with Crippen molar-refractivity contribution in [1.29, 1.82) is 10.5 Å². The van der Waals surface area contributed by atoms with Crippen LogP contribution in [-0.2, 0) is 10.8 Å². The van der Waals surface area contributed by atoms with Crippen molar-refractivity contribution in [2.75, 3.05) is 0 Å². The number of nitriles is 2. The predicted molar refractivity (Wildman–Crippen MR) is 224 cm³/mol. The average molecular weight is 710 g/mol. The van der Waals surface area contributed by atoms with Crippen LogP contribution in [0.5, 0.6) is 0 Å². The van der Waals surface area contributed by atoms with E-state index in [-0.39, 0.29) is 10.8 Å². The summed E-state index contributed by atoms with van der Waals surface area (Å²) in [6.45, 7) is 13.5. The lowest BCUT2D eigenvalue weighted by atomic mass is 9.82. The summed E-state index contributed by atoms with van der Waals surface area (Å²) in [5.74, 6) is 0. The molecule has 3 aromatic heterocycles. The van der Waals surface area contributed by atoms with Gasteiger partial charge >= 0.3 is 0 Å². The molecule has 4 heterocycles. The maximum Gasteiger partial charge on any atom is 0.109 e. The first-order valence-electron chi connectivity index (χ1n) is 18.7. The van der Waals surface area contributed by atoms with E-state index in [1.54, 1.807) is 0 Å². The van der Waals surface area contributed by atoms with Crippen LogP contribution in [0.2, 0.25) is 0 Å². The number of nitrogens with zero attached hydrogens (tertiary/aromatic N) is 4. The Balaban J connectivity index is 1.54. The SMILES string of the molecule is CC(C)(C)c1cc2c3[nH]c4c(cc(C(C)(C)C)cc4c3c1)-c1cc(-c3ccccc3)c(C#N)c(n1)-c1nc(cc(-c3ccccc3)c1C#N)-c1cccc-2c1. The highest BCUT2D eigenvalue weighted by Gasteiger charge is 2.28. The largest absolute Gasteiger partial charge is 0.353 e. The highest BCUT2D eigenvalue weighted by atomic mass is 14.8. The standard InChI is InChI=1S/C50H39N5/c1-49(2,3)33-21-37-31-18-13-19-32(20-31)43-25-35(29-14-9-7-10-15-29)41(27-51)47(53-43)48-42(28-52)36(30-16-11-8-12-17-30)26-44(54-48)40-24-34(50(4,5)6)23-39-38(22-33)45(37)55-46(39)40/h7-26,55H,1-6H3. The molecule has 0 aliphatic carbocycles. The summed E-state index contributed by atoms with van der Waals surface area (Å²) in [5.41, 5.74) is 14.3. The molecule has 0 saturated carbocycles. The molecule has 0 unspecified atom stereocenters. The maximum absolute atomic E-state index is 11.0. The molecule has 9 rings (SSSR count). The van der Waals surface area contributed by atoms with Crippen LogP contribution in [0.15, 0.2) is 121 Å². The molecule has 1 aliphatic rings. The van der Waals surface area contributed by atoms with Gasteiger partial charge in [0.15, 0.2) is 0 Å². The van der Waals surface area contributed by atoms with Gasteiger partial charge in [0.25, 0.3) is 0 Å². The lowest BCUT2D eigenvalue weighted by Gasteiger charge is -2.22. The van der Waals surface area contributed by atoms with Crippen LogP contribution in [0.25, 0.3) is 89.1 Å². The average Bonchev–Trinajstić information content (AvgIpc) is 3.57. The zero-order valence-electron chi connectivity index (χ0n) is 31.8. The van der Waals surface area contributed by atoms with Gasteiger partial charge in [0.2, 0.25) is 0 Å². The molecule has 5 aromatic carbocycles. The summed E-state index contributed by atoms with van der Waals surface area (Å²) in [5, 5.41) is 24.3. The third-order valence-corrected chi connectivity index (χ3v) is 11.0. The number of aromatic amines is 1. The minimum atomic E-state index is -0.180. The van der Waals surface area contributed by atoms with Crippen LogP contribution in [-0.4, -0.2) is 15.0 Å². The van der Waals surface area contributed by atoms with E-state index >= 15 is 0 Å². The summed E-state index contributed by atoms with van der Waals surface area (Å²) >= 11 is 0. The topological polar surface area (TPSA) is 89.2 Å². The molecule has 0 atom stereocenters. The van der Waals surface area contributed by atoms with Crippen molar-refractivity contribution in [3.63, 3.8) is 0 Å². The summed E-state index contributed by atoms with van der Waals surface area (Å²) in [6.07, 6.45) is 0. The van der Waals surface area contributed by atoms with E-state index in [0.717, 1.165) is 66.3 Å². The number of hydrogen-bond acceptors (Lipinski definition) is 4. The van der Waals surface area contributed by atoms with Gasteiger partial charge in [-0.3, -0.25) is 0 Å². The van der Waals surface area contributed by atoms with Gasteiger partial charge in [-0.05, 0) is 81.1 Å². The van der Waals surface area contributed by atoms with Crippen molar-refractivity contribution in [2.45, 2.75) is 52.4 Å². The van der Waals surface area contributed by atoms with Crippen LogP contribution in [0, 0.1) is 22.7 Å². The molecular weight excluding hydrogens is 671 g/mol. The van der Waals surface area contributed by atoms with Gasteiger partial charge in [0.05, 0.1) is 33.5 Å². The Kier molecular flexibility index (Phi) is 7.64. The van der Waals surface area contributed by atoms with Crippen molar-refractivity contribution in [3.05, 3.63) is 144 Å².